The normalized spacial score (nSPS) is 18.4. The first kappa shape index (κ1) is 20.0. The van der Waals surface area contributed by atoms with Gasteiger partial charge >= 0.3 is 0 Å². The van der Waals surface area contributed by atoms with Crippen molar-refractivity contribution in [3.63, 3.8) is 0 Å². The summed E-state index contributed by atoms with van der Waals surface area (Å²) in [4.78, 5) is 10.8. The molecule has 1 saturated heterocycles. The number of nitrogens with one attached hydrogen (secondary N) is 2. The molecule has 5 nitrogen and oxygen atoms in total. The highest BCUT2D eigenvalue weighted by molar-refractivity contribution is 7.10. The van der Waals surface area contributed by atoms with Gasteiger partial charge in [-0.15, -0.1) is 11.3 Å². The first-order valence-corrected chi connectivity index (χ1v) is 11.4. The van der Waals surface area contributed by atoms with Crippen LogP contribution in [-0.4, -0.2) is 50.6 Å². The van der Waals surface area contributed by atoms with Gasteiger partial charge in [0.05, 0.1) is 6.04 Å². The van der Waals surface area contributed by atoms with E-state index in [9.17, 15) is 0 Å². The van der Waals surface area contributed by atoms with Crippen LogP contribution in [0.5, 0.6) is 0 Å². The lowest BCUT2D eigenvalue weighted by atomic mass is 10.2. The SMILES string of the molecule is CN=C(NCc1cccc(N2CC=CC2)c1)NCC(c1cccs1)N1CCCC1. The van der Waals surface area contributed by atoms with Crippen molar-refractivity contribution < 1.29 is 0 Å². The molecule has 29 heavy (non-hydrogen) atoms. The molecule has 154 valence electrons. The Labute approximate surface area is 178 Å². The van der Waals surface area contributed by atoms with Crippen LogP contribution >= 0.6 is 11.3 Å². The summed E-state index contributed by atoms with van der Waals surface area (Å²) in [5, 5.41) is 9.22. The monoisotopic (exact) mass is 409 g/mol. The summed E-state index contributed by atoms with van der Waals surface area (Å²) >= 11 is 1.85. The molecule has 0 saturated carbocycles. The zero-order valence-electron chi connectivity index (χ0n) is 17.2. The maximum atomic E-state index is 4.44. The molecule has 2 aromatic rings. The number of likely N-dealkylation sites (tertiary alicyclic amines) is 1. The molecule has 0 spiro atoms. The molecule has 2 aliphatic heterocycles. The second-order valence-electron chi connectivity index (χ2n) is 7.63. The van der Waals surface area contributed by atoms with Crippen molar-refractivity contribution in [2.24, 2.45) is 4.99 Å². The molecule has 0 amide bonds. The topological polar surface area (TPSA) is 42.9 Å². The van der Waals surface area contributed by atoms with Crippen LogP contribution in [0.2, 0.25) is 0 Å². The van der Waals surface area contributed by atoms with Crippen molar-refractivity contribution in [1.29, 1.82) is 0 Å². The van der Waals surface area contributed by atoms with Gasteiger partial charge in [0, 0.05) is 43.8 Å². The van der Waals surface area contributed by atoms with Crippen LogP contribution in [-0.2, 0) is 6.54 Å². The summed E-state index contributed by atoms with van der Waals surface area (Å²) in [6.07, 6.45) is 7.05. The summed E-state index contributed by atoms with van der Waals surface area (Å²) in [5.41, 5.74) is 2.55. The third-order valence-electron chi connectivity index (χ3n) is 5.69. The van der Waals surface area contributed by atoms with Gasteiger partial charge in [0.2, 0.25) is 0 Å². The Hall–Kier alpha value is -2.31. The Kier molecular flexibility index (Phi) is 6.85. The predicted molar refractivity (Wildman–Crippen MR) is 124 cm³/mol. The number of guanidine groups is 1. The first-order valence-electron chi connectivity index (χ1n) is 10.5. The highest BCUT2D eigenvalue weighted by Gasteiger charge is 2.24. The lowest BCUT2D eigenvalue weighted by Gasteiger charge is -2.27. The number of thiophene rings is 1. The van der Waals surface area contributed by atoms with E-state index in [1.165, 1.54) is 42.1 Å². The standard InChI is InChI=1S/C23H31N5S/c1-24-23(25-17-19-8-6-9-20(16-19)27-11-2-3-12-27)26-18-21(22-10-7-15-29-22)28-13-4-5-14-28/h2-3,6-10,15-16,21H,4-5,11-14,17-18H2,1H3,(H2,24,25,26). The molecular weight excluding hydrogens is 378 g/mol. The van der Waals surface area contributed by atoms with Crippen molar-refractivity contribution >= 4 is 23.0 Å². The van der Waals surface area contributed by atoms with E-state index < -0.39 is 0 Å². The van der Waals surface area contributed by atoms with E-state index in [0.717, 1.165) is 32.1 Å². The summed E-state index contributed by atoms with van der Waals surface area (Å²) in [6, 6.07) is 13.6. The Balaban J connectivity index is 1.33. The fraction of sp³-hybridized carbons (Fsp3) is 0.435. The molecular formula is C23H31N5S. The minimum atomic E-state index is 0.419. The van der Waals surface area contributed by atoms with Gasteiger partial charge in [-0.2, -0.15) is 0 Å². The van der Waals surface area contributed by atoms with Crippen LogP contribution < -0.4 is 15.5 Å². The molecule has 2 N–H and O–H groups in total. The minimum Gasteiger partial charge on any atom is -0.364 e. The lowest BCUT2D eigenvalue weighted by Crippen LogP contribution is -2.42. The third-order valence-corrected chi connectivity index (χ3v) is 6.67. The number of hydrogen-bond donors (Lipinski definition) is 2. The van der Waals surface area contributed by atoms with Gasteiger partial charge in [-0.05, 0) is 55.1 Å². The molecule has 1 atom stereocenters. The average molecular weight is 410 g/mol. The van der Waals surface area contributed by atoms with Gasteiger partial charge in [0.15, 0.2) is 5.96 Å². The number of benzene rings is 1. The van der Waals surface area contributed by atoms with Gasteiger partial charge in [-0.1, -0.05) is 30.4 Å². The third kappa shape index (κ3) is 5.19. The van der Waals surface area contributed by atoms with Crippen LogP contribution in [0.1, 0.15) is 29.3 Å². The second-order valence-corrected chi connectivity index (χ2v) is 8.61. The summed E-state index contributed by atoms with van der Waals surface area (Å²) in [5.74, 6) is 0.860. The number of nitrogens with zero attached hydrogens (tertiary/aromatic N) is 3. The Morgan fingerprint density at radius 2 is 1.93 bits per heavy atom. The molecule has 3 heterocycles. The van der Waals surface area contributed by atoms with Gasteiger partial charge in [-0.25, -0.2) is 0 Å². The van der Waals surface area contributed by atoms with Crippen molar-refractivity contribution in [3.05, 3.63) is 64.4 Å². The fourth-order valence-electron chi connectivity index (χ4n) is 4.10. The minimum absolute atomic E-state index is 0.419. The maximum absolute atomic E-state index is 4.44. The fourth-order valence-corrected chi connectivity index (χ4v) is 4.96. The highest BCUT2D eigenvalue weighted by Crippen LogP contribution is 2.27. The van der Waals surface area contributed by atoms with Gasteiger partial charge in [0.1, 0.15) is 0 Å². The molecule has 2 aliphatic rings. The molecule has 1 aromatic heterocycles. The predicted octanol–water partition coefficient (Wildman–Crippen LogP) is 3.63. The maximum Gasteiger partial charge on any atom is 0.191 e. The first-order chi connectivity index (χ1) is 14.3. The van der Waals surface area contributed by atoms with Crippen molar-refractivity contribution in [3.8, 4) is 0 Å². The van der Waals surface area contributed by atoms with Crippen LogP contribution in [0.4, 0.5) is 5.69 Å². The summed E-state index contributed by atoms with van der Waals surface area (Å²) in [6.45, 7) is 6.02. The van der Waals surface area contributed by atoms with Crippen LogP contribution in [0.3, 0.4) is 0 Å². The van der Waals surface area contributed by atoms with Crippen LogP contribution in [0.25, 0.3) is 0 Å². The summed E-state index contributed by atoms with van der Waals surface area (Å²) in [7, 11) is 1.84. The van der Waals surface area contributed by atoms with E-state index in [-0.39, 0.29) is 0 Å². The van der Waals surface area contributed by atoms with Crippen molar-refractivity contribution in [1.82, 2.24) is 15.5 Å². The number of hydrogen-bond acceptors (Lipinski definition) is 4. The van der Waals surface area contributed by atoms with E-state index in [1.807, 2.05) is 18.4 Å². The zero-order chi connectivity index (χ0) is 19.9. The lowest BCUT2D eigenvalue weighted by molar-refractivity contribution is 0.249. The largest absolute Gasteiger partial charge is 0.364 e. The molecule has 1 unspecified atom stereocenters. The quantitative estimate of drug-likeness (QED) is 0.416. The molecule has 4 rings (SSSR count). The van der Waals surface area contributed by atoms with Gasteiger partial charge in [0.25, 0.3) is 0 Å². The van der Waals surface area contributed by atoms with Gasteiger partial charge < -0.3 is 15.5 Å². The second kappa shape index (κ2) is 9.94. The average Bonchev–Trinajstić information content (AvgIpc) is 3.54. The van der Waals surface area contributed by atoms with Crippen molar-refractivity contribution in [2.45, 2.75) is 25.4 Å². The molecule has 1 fully saturated rings. The molecule has 0 radical (unpaired) electrons. The Morgan fingerprint density at radius 1 is 1.10 bits per heavy atom. The van der Waals surface area contributed by atoms with E-state index in [0.29, 0.717) is 6.04 Å². The van der Waals surface area contributed by atoms with E-state index in [4.69, 9.17) is 0 Å². The number of aliphatic imine (C=N–C) groups is 1. The van der Waals surface area contributed by atoms with E-state index in [2.05, 4.69) is 79.4 Å². The molecule has 1 aromatic carbocycles. The zero-order valence-corrected chi connectivity index (χ0v) is 18.0. The Morgan fingerprint density at radius 3 is 2.66 bits per heavy atom. The smallest absolute Gasteiger partial charge is 0.191 e. The Bertz CT molecular complexity index is 816. The van der Waals surface area contributed by atoms with Crippen LogP contribution in [0, 0.1) is 0 Å². The van der Waals surface area contributed by atoms with Crippen molar-refractivity contribution in [2.75, 3.05) is 44.7 Å². The van der Waals surface area contributed by atoms with Crippen LogP contribution in [0.15, 0.2) is 58.9 Å². The van der Waals surface area contributed by atoms with E-state index >= 15 is 0 Å². The highest BCUT2D eigenvalue weighted by atomic mass is 32.1. The van der Waals surface area contributed by atoms with E-state index in [1.54, 1.807) is 0 Å². The molecule has 0 aliphatic carbocycles. The van der Waals surface area contributed by atoms with Gasteiger partial charge in [-0.3, -0.25) is 9.89 Å². The molecule has 6 heteroatoms. The molecule has 0 bridgehead atoms. The number of anilines is 1. The summed E-state index contributed by atoms with van der Waals surface area (Å²) < 4.78 is 0. The number of rotatable bonds is 7.